The van der Waals surface area contributed by atoms with Gasteiger partial charge in [-0.2, -0.15) is 0 Å². The molecule has 1 unspecified atom stereocenters. The summed E-state index contributed by atoms with van der Waals surface area (Å²) >= 11 is 5.68. The number of hydrogen-bond donors (Lipinski definition) is 1. The first-order valence-electron chi connectivity index (χ1n) is 3.28. The highest BCUT2D eigenvalue weighted by Crippen LogP contribution is 2.18. The van der Waals surface area contributed by atoms with Crippen LogP contribution < -0.4 is 5.73 Å². The van der Waals surface area contributed by atoms with Gasteiger partial charge < -0.3 is 10.5 Å². The smallest absolute Gasteiger partial charge is 0.0830 e. The lowest BCUT2D eigenvalue weighted by atomic mass is 10.0. The Morgan fingerprint density at radius 3 is 2.33 bits per heavy atom. The Hall–Kier alpha value is 0.210. The van der Waals surface area contributed by atoms with Crippen molar-refractivity contribution in [2.75, 3.05) is 13.2 Å². The van der Waals surface area contributed by atoms with Crippen LogP contribution in [0.25, 0.3) is 0 Å². The van der Waals surface area contributed by atoms with Crippen LogP contribution in [0.3, 0.4) is 0 Å². The lowest BCUT2D eigenvalue weighted by Crippen LogP contribution is -2.29. The number of alkyl halides is 1. The van der Waals surface area contributed by atoms with Gasteiger partial charge in [0.05, 0.1) is 5.50 Å². The van der Waals surface area contributed by atoms with Gasteiger partial charge in [0, 0.05) is 13.2 Å². The molecule has 0 aliphatic carbocycles. The van der Waals surface area contributed by atoms with Gasteiger partial charge in [-0.3, -0.25) is 0 Å². The van der Waals surface area contributed by atoms with Crippen molar-refractivity contribution in [3.8, 4) is 0 Å². The van der Waals surface area contributed by atoms with Crippen LogP contribution in [0.5, 0.6) is 0 Å². The molecule has 0 bridgehead atoms. The van der Waals surface area contributed by atoms with Crippen molar-refractivity contribution in [3.05, 3.63) is 0 Å². The van der Waals surface area contributed by atoms with Crippen molar-refractivity contribution in [2.45, 2.75) is 18.3 Å². The van der Waals surface area contributed by atoms with E-state index in [1.165, 1.54) is 0 Å². The third kappa shape index (κ3) is 2.12. The van der Waals surface area contributed by atoms with Crippen LogP contribution in [0.15, 0.2) is 0 Å². The third-order valence-corrected chi connectivity index (χ3v) is 2.07. The zero-order valence-electron chi connectivity index (χ0n) is 5.35. The third-order valence-electron chi connectivity index (χ3n) is 1.72. The van der Waals surface area contributed by atoms with Crippen molar-refractivity contribution in [1.29, 1.82) is 0 Å². The average molecular weight is 150 g/mol. The molecule has 2 nitrogen and oxygen atoms in total. The number of halogens is 1. The standard InChI is InChI=1S/C6H12ClNO/c7-6(8)5-1-3-9-4-2-5/h5-6H,1-4,8H2. The normalized spacial score (nSPS) is 26.0. The summed E-state index contributed by atoms with van der Waals surface area (Å²) < 4.78 is 5.14. The summed E-state index contributed by atoms with van der Waals surface area (Å²) in [5.74, 6) is 0.473. The van der Waals surface area contributed by atoms with E-state index in [0.29, 0.717) is 5.92 Å². The minimum atomic E-state index is -0.172. The van der Waals surface area contributed by atoms with Crippen molar-refractivity contribution in [3.63, 3.8) is 0 Å². The maximum Gasteiger partial charge on any atom is 0.0830 e. The highest BCUT2D eigenvalue weighted by atomic mass is 35.5. The van der Waals surface area contributed by atoms with Crippen molar-refractivity contribution < 1.29 is 4.74 Å². The Balaban J connectivity index is 2.23. The summed E-state index contributed by atoms with van der Waals surface area (Å²) in [4.78, 5) is 0. The van der Waals surface area contributed by atoms with Gasteiger partial charge in [0.15, 0.2) is 0 Å². The molecule has 1 heterocycles. The molecule has 1 rings (SSSR count). The predicted octanol–water partition coefficient (Wildman–Crippen LogP) is 0.937. The zero-order chi connectivity index (χ0) is 6.69. The van der Waals surface area contributed by atoms with Crippen LogP contribution >= 0.6 is 11.6 Å². The number of hydrogen-bond acceptors (Lipinski definition) is 2. The van der Waals surface area contributed by atoms with Crippen molar-refractivity contribution in [2.24, 2.45) is 11.7 Å². The summed E-state index contributed by atoms with van der Waals surface area (Å²) in [6.07, 6.45) is 2.04. The Morgan fingerprint density at radius 1 is 1.44 bits per heavy atom. The van der Waals surface area contributed by atoms with E-state index in [9.17, 15) is 0 Å². The van der Waals surface area contributed by atoms with E-state index in [1.54, 1.807) is 0 Å². The Kier molecular flexibility index (Phi) is 2.76. The second-order valence-electron chi connectivity index (χ2n) is 2.39. The molecule has 9 heavy (non-hydrogen) atoms. The van der Waals surface area contributed by atoms with Gasteiger partial charge in [0.25, 0.3) is 0 Å². The minimum absolute atomic E-state index is 0.172. The fraction of sp³-hybridized carbons (Fsp3) is 1.00. The number of rotatable bonds is 1. The molecule has 0 aromatic heterocycles. The van der Waals surface area contributed by atoms with Gasteiger partial charge in [-0.1, -0.05) is 0 Å². The first-order chi connectivity index (χ1) is 4.30. The monoisotopic (exact) mass is 149 g/mol. The molecule has 1 fully saturated rings. The first-order valence-corrected chi connectivity index (χ1v) is 3.72. The molecule has 0 spiro atoms. The molecule has 1 aliphatic heterocycles. The molecule has 0 aromatic carbocycles. The molecule has 1 saturated heterocycles. The first kappa shape index (κ1) is 7.32. The van der Waals surface area contributed by atoms with E-state index in [-0.39, 0.29) is 5.50 Å². The van der Waals surface area contributed by atoms with E-state index >= 15 is 0 Å². The molecule has 0 radical (unpaired) electrons. The molecule has 0 amide bonds. The Labute approximate surface area is 60.3 Å². The molecule has 0 aromatic rings. The van der Waals surface area contributed by atoms with Crippen molar-refractivity contribution >= 4 is 11.6 Å². The van der Waals surface area contributed by atoms with E-state index in [0.717, 1.165) is 26.1 Å². The van der Waals surface area contributed by atoms with Crippen LogP contribution in [-0.4, -0.2) is 18.7 Å². The Morgan fingerprint density at radius 2 is 2.00 bits per heavy atom. The highest BCUT2D eigenvalue weighted by molar-refractivity contribution is 6.20. The molecule has 54 valence electrons. The quantitative estimate of drug-likeness (QED) is 0.445. The maximum absolute atomic E-state index is 5.68. The summed E-state index contributed by atoms with van der Waals surface area (Å²) in [6, 6.07) is 0. The fourth-order valence-electron chi connectivity index (χ4n) is 1.03. The zero-order valence-corrected chi connectivity index (χ0v) is 6.10. The van der Waals surface area contributed by atoms with Crippen LogP contribution in [-0.2, 0) is 4.74 Å². The van der Waals surface area contributed by atoms with Crippen LogP contribution in [0.1, 0.15) is 12.8 Å². The fourth-order valence-corrected chi connectivity index (χ4v) is 1.29. The topological polar surface area (TPSA) is 35.2 Å². The average Bonchev–Trinajstić information content (AvgIpc) is 1.90. The molecule has 1 aliphatic rings. The predicted molar refractivity (Wildman–Crippen MR) is 37.4 cm³/mol. The molecular weight excluding hydrogens is 138 g/mol. The SMILES string of the molecule is NC(Cl)C1CCOCC1. The molecule has 1 atom stereocenters. The van der Waals surface area contributed by atoms with Gasteiger partial charge in [-0.25, -0.2) is 0 Å². The molecular formula is C6H12ClNO. The van der Waals surface area contributed by atoms with E-state index in [2.05, 4.69) is 0 Å². The van der Waals surface area contributed by atoms with Gasteiger partial charge in [0.1, 0.15) is 0 Å². The highest BCUT2D eigenvalue weighted by Gasteiger charge is 2.18. The number of nitrogens with two attached hydrogens (primary N) is 1. The molecule has 0 saturated carbocycles. The molecule has 3 heteroatoms. The lowest BCUT2D eigenvalue weighted by Gasteiger charge is -2.23. The van der Waals surface area contributed by atoms with E-state index < -0.39 is 0 Å². The summed E-state index contributed by atoms with van der Waals surface area (Å²) in [5, 5.41) is 0. The van der Waals surface area contributed by atoms with Crippen LogP contribution in [0.4, 0.5) is 0 Å². The summed E-state index contributed by atoms with van der Waals surface area (Å²) in [7, 11) is 0. The van der Waals surface area contributed by atoms with Gasteiger partial charge in [-0.05, 0) is 18.8 Å². The largest absolute Gasteiger partial charge is 0.381 e. The van der Waals surface area contributed by atoms with E-state index in [1.807, 2.05) is 0 Å². The van der Waals surface area contributed by atoms with Gasteiger partial charge in [-0.15, -0.1) is 11.6 Å². The molecule has 2 N–H and O–H groups in total. The second kappa shape index (κ2) is 3.40. The van der Waals surface area contributed by atoms with Gasteiger partial charge in [0.2, 0.25) is 0 Å². The van der Waals surface area contributed by atoms with Crippen molar-refractivity contribution in [1.82, 2.24) is 0 Å². The minimum Gasteiger partial charge on any atom is -0.381 e. The van der Waals surface area contributed by atoms with Crippen LogP contribution in [0, 0.1) is 5.92 Å². The summed E-state index contributed by atoms with van der Waals surface area (Å²) in [5.41, 5.74) is 5.30. The second-order valence-corrected chi connectivity index (χ2v) is 2.90. The van der Waals surface area contributed by atoms with Gasteiger partial charge >= 0.3 is 0 Å². The maximum atomic E-state index is 5.68. The van der Waals surface area contributed by atoms with Crippen LogP contribution in [0.2, 0.25) is 0 Å². The van der Waals surface area contributed by atoms with E-state index in [4.69, 9.17) is 22.1 Å². The Bertz CT molecular complexity index is 81.1. The lowest BCUT2D eigenvalue weighted by molar-refractivity contribution is 0.0655. The summed E-state index contributed by atoms with van der Waals surface area (Å²) in [6.45, 7) is 1.65. The number of ether oxygens (including phenoxy) is 1.